The first kappa shape index (κ1) is 13.2. The maximum Gasteiger partial charge on any atom is -0.00714 e. The van der Waals surface area contributed by atoms with Crippen LogP contribution in [0.5, 0.6) is 0 Å². The van der Waals surface area contributed by atoms with Crippen molar-refractivity contribution in [2.45, 2.75) is 46.0 Å². The monoisotopic (exact) mass is 219 g/mol. The van der Waals surface area contributed by atoms with Crippen LogP contribution in [0.3, 0.4) is 0 Å². The zero-order chi connectivity index (χ0) is 12.0. The highest BCUT2D eigenvalue weighted by atomic mass is 14.5. The minimum Gasteiger partial charge on any atom is -0.330 e. The van der Waals surface area contributed by atoms with Gasteiger partial charge >= 0.3 is 0 Å². The SMILES string of the molecule is CCc1ccc(C(CCN)CC(C)C)cc1. The third-order valence-electron chi connectivity index (χ3n) is 3.13. The van der Waals surface area contributed by atoms with E-state index in [-0.39, 0.29) is 0 Å². The average molecular weight is 219 g/mol. The highest BCUT2D eigenvalue weighted by Crippen LogP contribution is 2.26. The number of hydrogen-bond acceptors (Lipinski definition) is 1. The molecule has 1 aromatic rings. The Labute approximate surface area is 100 Å². The Hall–Kier alpha value is -0.820. The minimum atomic E-state index is 0.635. The Bertz CT molecular complexity index is 287. The van der Waals surface area contributed by atoms with E-state index >= 15 is 0 Å². The molecule has 0 saturated heterocycles. The van der Waals surface area contributed by atoms with Crippen LogP contribution >= 0.6 is 0 Å². The average Bonchev–Trinajstić information content (AvgIpc) is 2.28. The van der Waals surface area contributed by atoms with Gasteiger partial charge in [0.15, 0.2) is 0 Å². The number of benzene rings is 1. The third-order valence-corrected chi connectivity index (χ3v) is 3.13. The van der Waals surface area contributed by atoms with Gasteiger partial charge in [-0.1, -0.05) is 45.0 Å². The molecule has 16 heavy (non-hydrogen) atoms. The predicted molar refractivity (Wildman–Crippen MR) is 71.7 cm³/mol. The van der Waals surface area contributed by atoms with Gasteiger partial charge in [0.25, 0.3) is 0 Å². The van der Waals surface area contributed by atoms with E-state index in [0.29, 0.717) is 5.92 Å². The second-order valence-electron chi connectivity index (χ2n) is 5.00. The Morgan fingerprint density at radius 3 is 2.19 bits per heavy atom. The van der Waals surface area contributed by atoms with E-state index in [1.807, 2.05) is 0 Å². The van der Waals surface area contributed by atoms with Gasteiger partial charge in [-0.25, -0.2) is 0 Å². The lowest BCUT2D eigenvalue weighted by Gasteiger charge is -2.19. The molecule has 0 aromatic heterocycles. The lowest BCUT2D eigenvalue weighted by molar-refractivity contribution is 0.480. The molecule has 0 amide bonds. The van der Waals surface area contributed by atoms with Crippen molar-refractivity contribution < 1.29 is 0 Å². The highest BCUT2D eigenvalue weighted by Gasteiger charge is 2.12. The van der Waals surface area contributed by atoms with Crippen molar-refractivity contribution in [2.75, 3.05) is 6.54 Å². The molecule has 0 aliphatic carbocycles. The van der Waals surface area contributed by atoms with Crippen LogP contribution in [0.4, 0.5) is 0 Å². The normalized spacial score (nSPS) is 13.1. The Morgan fingerprint density at radius 1 is 1.12 bits per heavy atom. The smallest absolute Gasteiger partial charge is 0.00714 e. The fourth-order valence-corrected chi connectivity index (χ4v) is 2.22. The molecule has 0 aliphatic rings. The van der Waals surface area contributed by atoms with E-state index in [1.54, 1.807) is 0 Å². The Kier molecular flexibility index (Phi) is 5.54. The summed E-state index contributed by atoms with van der Waals surface area (Å²) in [6.45, 7) is 7.54. The van der Waals surface area contributed by atoms with Crippen molar-refractivity contribution in [1.82, 2.24) is 0 Å². The van der Waals surface area contributed by atoms with Crippen molar-refractivity contribution in [3.8, 4) is 0 Å². The maximum atomic E-state index is 5.70. The number of rotatable bonds is 6. The van der Waals surface area contributed by atoms with Gasteiger partial charge in [0.1, 0.15) is 0 Å². The van der Waals surface area contributed by atoms with Crippen molar-refractivity contribution in [1.29, 1.82) is 0 Å². The number of nitrogens with two attached hydrogens (primary N) is 1. The van der Waals surface area contributed by atoms with Crippen LogP contribution in [0.2, 0.25) is 0 Å². The molecular weight excluding hydrogens is 194 g/mol. The number of hydrogen-bond donors (Lipinski definition) is 1. The van der Waals surface area contributed by atoms with Crippen LogP contribution in [0, 0.1) is 5.92 Å². The quantitative estimate of drug-likeness (QED) is 0.775. The molecule has 0 heterocycles. The van der Waals surface area contributed by atoms with E-state index in [2.05, 4.69) is 45.0 Å². The summed E-state index contributed by atoms with van der Waals surface area (Å²) < 4.78 is 0. The topological polar surface area (TPSA) is 26.0 Å². The van der Waals surface area contributed by atoms with Gasteiger partial charge in [0.05, 0.1) is 0 Å². The van der Waals surface area contributed by atoms with Gasteiger partial charge in [-0.05, 0) is 48.8 Å². The van der Waals surface area contributed by atoms with Gasteiger partial charge in [0.2, 0.25) is 0 Å². The molecule has 1 atom stereocenters. The third kappa shape index (κ3) is 3.97. The van der Waals surface area contributed by atoms with Crippen LogP contribution in [0.15, 0.2) is 24.3 Å². The zero-order valence-electron chi connectivity index (χ0n) is 10.9. The summed E-state index contributed by atoms with van der Waals surface area (Å²) in [6.07, 6.45) is 3.46. The summed E-state index contributed by atoms with van der Waals surface area (Å²) in [5, 5.41) is 0. The Morgan fingerprint density at radius 2 is 1.75 bits per heavy atom. The summed E-state index contributed by atoms with van der Waals surface area (Å²) in [4.78, 5) is 0. The summed E-state index contributed by atoms with van der Waals surface area (Å²) in [5.41, 5.74) is 8.57. The molecule has 0 saturated carbocycles. The molecule has 1 nitrogen and oxygen atoms in total. The fraction of sp³-hybridized carbons (Fsp3) is 0.600. The fourth-order valence-electron chi connectivity index (χ4n) is 2.22. The second-order valence-corrected chi connectivity index (χ2v) is 5.00. The lowest BCUT2D eigenvalue weighted by Crippen LogP contribution is -2.09. The van der Waals surface area contributed by atoms with E-state index in [9.17, 15) is 0 Å². The van der Waals surface area contributed by atoms with E-state index in [0.717, 1.165) is 25.3 Å². The summed E-state index contributed by atoms with van der Waals surface area (Å²) in [7, 11) is 0. The van der Waals surface area contributed by atoms with Crippen molar-refractivity contribution in [3.63, 3.8) is 0 Å². The van der Waals surface area contributed by atoms with Gasteiger partial charge in [-0.3, -0.25) is 0 Å². The molecule has 1 unspecified atom stereocenters. The summed E-state index contributed by atoms with van der Waals surface area (Å²) >= 11 is 0. The van der Waals surface area contributed by atoms with Crippen LogP contribution < -0.4 is 5.73 Å². The molecule has 0 spiro atoms. The van der Waals surface area contributed by atoms with Gasteiger partial charge in [-0.2, -0.15) is 0 Å². The molecular formula is C15H25N. The molecule has 90 valence electrons. The molecule has 2 N–H and O–H groups in total. The molecule has 0 radical (unpaired) electrons. The molecule has 0 fully saturated rings. The van der Waals surface area contributed by atoms with Crippen molar-refractivity contribution >= 4 is 0 Å². The van der Waals surface area contributed by atoms with E-state index < -0.39 is 0 Å². The van der Waals surface area contributed by atoms with Gasteiger partial charge in [0, 0.05) is 0 Å². The van der Waals surface area contributed by atoms with Crippen LogP contribution in [0.1, 0.15) is 50.7 Å². The first-order valence-corrected chi connectivity index (χ1v) is 6.46. The molecule has 0 bridgehead atoms. The first-order chi connectivity index (χ1) is 7.67. The highest BCUT2D eigenvalue weighted by molar-refractivity contribution is 5.25. The molecule has 1 rings (SSSR count). The zero-order valence-corrected chi connectivity index (χ0v) is 10.9. The van der Waals surface area contributed by atoms with E-state index in [1.165, 1.54) is 17.5 Å². The largest absolute Gasteiger partial charge is 0.330 e. The van der Waals surface area contributed by atoms with Gasteiger partial charge < -0.3 is 5.73 Å². The first-order valence-electron chi connectivity index (χ1n) is 6.46. The van der Waals surface area contributed by atoms with Gasteiger partial charge in [-0.15, -0.1) is 0 Å². The van der Waals surface area contributed by atoms with E-state index in [4.69, 9.17) is 5.73 Å². The van der Waals surface area contributed by atoms with Crippen LogP contribution in [0.25, 0.3) is 0 Å². The van der Waals surface area contributed by atoms with Crippen molar-refractivity contribution in [3.05, 3.63) is 35.4 Å². The summed E-state index contributed by atoms with van der Waals surface area (Å²) in [5.74, 6) is 1.37. The number of aryl methyl sites for hydroxylation is 1. The molecule has 0 aliphatic heterocycles. The molecule has 1 heteroatoms. The second kappa shape index (κ2) is 6.70. The summed E-state index contributed by atoms with van der Waals surface area (Å²) in [6, 6.07) is 9.06. The lowest BCUT2D eigenvalue weighted by atomic mass is 9.87. The minimum absolute atomic E-state index is 0.635. The van der Waals surface area contributed by atoms with Crippen molar-refractivity contribution in [2.24, 2.45) is 11.7 Å². The Balaban J connectivity index is 2.75. The standard InChI is InChI=1S/C15H25N/c1-4-13-5-7-14(8-6-13)15(9-10-16)11-12(2)3/h5-8,12,15H,4,9-11,16H2,1-3H3. The molecule has 1 aromatic carbocycles. The maximum absolute atomic E-state index is 5.70. The van der Waals surface area contributed by atoms with Crippen LogP contribution in [-0.4, -0.2) is 6.54 Å². The van der Waals surface area contributed by atoms with Crippen LogP contribution in [-0.2, 0) is 6.42 Å². The predicted octanol–water partition coefficient (Wildman–Crippen LogP) is 3.73.